The zero-order valence-electron chi connectivity index (χ0n) is 26.0. The highest BCUT2D eigenvalue weighted by molar-refractivity contribution is 7.51. The molecule has 1 aliphatic rings. The molecule has 13 nitrogen and oxygen atoms in total. The van der Waals surface area contributed by atoms with E-state index in [2.05, 4.69) is 20.3 Å². The number of hydrogen-bond acceptors (Lipinski definition) is 10. The van der Waals surface area contributed by atoms with Gasteiger partial charge in [0.1, 0.15) is 35.6 Å². The number of rotatable bonds is 12. The lowest BCUT2D eigenvalue weighted by Gasteiger charge is -2.37. The number of anilines is 1. The van der Waals surface area contributed by atoms with Crippen LogP contribution in [0.3, 0.4) is 0 Å². The Kier molecular flexibility index (Phi) is 9.29. The molecular formula is C33H36N5O8P. The van der Waals surface area contributed by atoms with Crippen LogP contribution in [0.4, 0.5) is 5.82 Å². The molecule has 47 heavy (non-hydrogen) atoms. The predicted molar refractivity (Wildman–Crippen MR) is 173 cm³/mol. The van der Waals surface area contributed by atoms with Crippen molar-refractivity contribution < 1.29 is 38.4 Å². The lowest BCUT2D eigenvalue weighted by atomic mass is 9.77. The van der Waals surface area contributed by atoms with Gasteiger partial charge >= 0.3 is 7.60 Å². The molecule has 2 aromatic heterocycles. The summed E-state index contributed by atoms with van der Waals surface area (Å²) in [6.45, 7) is 0. The SMILES string of the molecule is COc1ccc(C(Nc2ncnc3c2ncn3[C@@H]2O[C@H](CCP(=O)(O)O)[C@H](OC)[C@H]2O)(c2ccccc2)c2ccc(OC)cc2)cc1. The molecule has 5 aromatic rings. The topological polar surface area (TPSA) is 170 Å². The number of hydrogen-bond donors (Lipinski definition) is 4. The third-order valence-corrected chi connectivity index (χ3v) is 9.32. The van der Waals surface area contributed by atoms with E-state index in [1.807, 2.05) is 78.9 Å². The maximum Gasteiger partial charge on any atom is 0.325 e. The maximum absolute atomic E-state index is 11.6. The van der Waals surface area contributed by atoms with Crippen LogP contribution >= 0.6 is 7.60 Å². The number of benzene rings is 3. The van der Waals surface area contributed by atoms with Crippen molar-refractivity contribution in [2.45, 2.75) is 36.5 Å². The van der Waals surface area contributed by atoms with E-state index in [9.17, 15) is 19.5 Å². The van der Waals surface area contributed by atoms with E-state index in [4.69, 9.17) is 18.9 Å². The van der Waals surface area contributed by atoms with E-state index >= 15 is 0 Å². The first kappa shape index (κ1) is 32.6. The highest BCUT2D eigenvalue weighted by Gasteiger charge is 2.46. The fourth-order valence-electron chi connectivity index (χ4n) is 6.16. The van der Waals surface area contributed by atoms with Gasteiger partial charge in [-0.05, 0) is 47.4 Å². The van der Waals surface area contributed by atoms with Crippen molar-refractivity contribution in [1.29, 1.82) is 0 Å². The predicted octanol–water partition coefficient (Wildman–Crippen LogP) is 4.09. The minimum atomic E-state index is -4.29. The molecule has 0 unspecified atom stereocenters. The van der Waals surface area contributed by atoms with Crippen LogP contribution < -0.4 is 14.8 Å². The van der Waals surface area contributed by atoms with Crippen LogP contribution in [0.5, 0.6) is 11.5 Å². The lowest BCUT2D eigenvalue weighted by molar-refractivity contribution is -0.0356. The molecule has 0 radical (unpaired) electrons. The van der Waals surface area contributed by atoms with Gasteiger partial charge in [0.15, 0.2) is 23.2 Å². The number of aromatic nitrogens is 4. The summed E-state index contributed by atoms with van der Waals surface area (Å²) in [7, 11) is 0.373. The minimum Gasteiger partial charge on any atom is -0.497 e. The maximum atomic E-state index is 11.6. The van der Waals surface area contributed by atoms with Gasteiger partial charge in [-0.2, -0.15) is 0 Å². The Labute approximate surface area is 271 Å². The van der Waals surface area contributed by atoms with Gasteiger partial charge in [-0.15, -0.1) is 0 Å². The van der Waals surface area contributed by atoms with E-state index in [0.717, 1.165) is 16.7 Å². The summed E-state index contributed by atoms with van der Waals surface area (Å²) in [4.78, 5) is 32.6. The molecule has 1 fully saturated rings. The number of methoxy groups -OCH3 is 3. The first-order valence-corrected chi connectivity index (χ1v) is 16.7. The van der Waals surface area contributed by atoms with Gasteiger partial charge in [-0.1, -0.05) is 54.6 Å². The fourth-order valence-corrected chi connectivity index (χ4v) is 6.75. The molecule has 246 valence electrons. The molecule has 0 spiro atoms. The minimum absolute atomic E-state index is 0.00587. The fraction of sp³-hybridized carbons (Fsp3) is 0.303. The molecule has 0 aliphatic carbocycles. The molecule has 4 N–H and O–H groups in total. The average molecular weight is 662 g/mol. The molecule has 0 amide bonds. The van der Waals surface area contributed by atoms with Crippen LogP contribution in [-0.4, -0.2) is 80.2 Å². The number of aliphatic hydroxyl groups is 1. The number of nitrogens with zero attached hydrogens (tertiary/aromatic N) is 4. The second-order valence-electron chi connectivity index (χ2n) is 11.2. The van der Waals surface area contributed by atoms with Gasteiger partial charge in [-0.3, -0.25) is 9.13 Å². The van der Waals surface area contributed by atoms with Gasteiger partial charge < -0.3 is 39.2 Å². The van der Waals surface area contributed by atoms with Crippen LogP contribution in [0.25, 0.3) is 11.2 Å². The summed E-state index contributed by atoms with van der Waals surface area (Å²) in [5.74, 6) is 1.83. The Morgan fingerprint density at radius 2 is 1.47 bits per heavy atom. The van der Waals surface area contributed by atoms with E-state index in [0.29, 0.717) is 28.5 Å². The largest absolute Gasteiger partial charge is 0.497 e. The van der Waals surface area contributed by atoms with Gasteiger partial charge in [-0.25, -0.2) is 15.0 Å². The Morgan fingerprint density at radius 3 is 2.02 bits per heavy atom. The lowest BCUT2D eigenvalue weighted by Crippen LogP contribution is -2.38. The molecule has 6 rings (SSSR count). The Hall–Kier alpha value is -4.36. The summed E-state index contributed by atoms with van der Waals surface area (Å²) in [6.07, 6.45) is -1.23. The molecule has 14 heteroatoms. The second-order valence-corrected chi connectivity index (χ2v) is 13.0. The van der Waals surface area contributed by atoms with Crippen molar-refractivity contribution in [3.63, 3.8) is 0 Å². The molecule has 1 saturated heterocycles. The molecule has 4 atom stereocenters. The van der Waals surface area contributed by atoms with E-state index in [-0.39, 0.29) is 6.42 Å². The number of imidazole rings is 1. The van der Waals surface area contributed by atoms with Crippen LogP contribution in [0.1, 0.15) is 29.3 Å². The highest BCUT2D eigenvalue weighted by atomic mass is 31.2. The highest BCUT2D eigenvalue weighted by Crippen LogP contribution is 2.43. The Bertz CT molecular complexity index is 1800. The summed E-state index contributed by atoms with van der Waals surface area (Å²) >= 11 is 0. The van der Waals surface area contributed by atoms with Crippen molar-refractivity contribution in [2.24, 2.45) is 0 Å². The first-order chi connectivity index (χ1) is 22.7. The zero-order valence-corrected chi connectivity index (χ0v) is 26.9. The van der Waals surface area contributed by atoms with Crippen LogP contribution in [0.2, 0.25) is 0 Å². The monoisotopic (exact) mass is 661 g/mol. The molecule has 0 bridgehead atoms. The van der Waals surface area contributed by atoms with E-state index < -0.39 is 43.8 Å². The Balaban J connectivity index is 1.46. The third-order valence-electron chi connectivity index (χ3n) is 8.48. The number of aliphatic hydroxyl groups excluding tert-OH is 1. The molecular weight excluding hydrogens is 625 g/mol. The standard InChI is InChI=1S/C33H36N5O8P/c1-43-24-13-9-22(10-14-24)33(21-7-5-4-6-8-21,23-11-15-25(44-2)16-12-23)37-30-27-31(35-19-34-30)38(20-36-27)32-28(39)29(45-3)26(46-32)17-18-47(40,41)42/h4-16,19-20,26,28-29,32,39H,17-18H2,1-3H3,(H,34,35,37)(H2,40,41,42)/t26-,28-,29+,32-/m1/s1. The smallest absolute Gasteiger partial charge is 0.325 e. The summed E-state index contributed by atoms with van der Waals surface area (Å²) in [6, 6.07) is 25.5. The normalized spacial score (nSPS) is 20.0. The van der Waals surface area contributed by atoms with Gasteiger partial charge in [0.2, 0.25) is 0 Å². The summed E-state index contributed by atoms with van der Waals surface area (Å²) < 4.78 is 35.7. The quantitative estimate of drug-likeness (QED) is 0.112. The van der Waals surface area contributed by atoms with Gasteiger partial charge in [0, 0.05) is 7.11 Å². The summed E-state index contributed by atoms with van der Waals surface area (Å²) in [5, 5.41) is 14.9. The molecule has 0 saturated carbocycles. The molecule has 3 aromatic carbocycles. The third kappa shape index (κ3) is 6.33. The van der Waals surface area contributed by atoms with Gasteiger partial charge in [0.25, 0.3) is 0 Å². The molecule has 1 aliphatic heterocycles. The van der Waals surface area contributed by atoms with Crippen molar-refractivity contribution in [3.05, 3.63) is 108 Å². The van der Waals surface area contributed by atoms with Crippen molar-refractivity contribution in [2.75, 3.05) is 32.8 Å². The molecule has 3 heterocycles. The number of nitrogens with one attached hydrogen (secondary N) is 1. The summed E-state index contributed by atoms with van der Waals surface area (Å²) in [5.41, 5.74) is 2.52. The average Bonchev–Trinajstić information content (AvgIpc) is 3.67. The van der Waals surface area contributed by atoms with Crippen molar-refractivity contribution in [3.8, 4) is 11.5 Å². The first-order valence-electron chi connectivity index (χ1n) is 14.9. The van der Waals surface area contributed by atoms with Crippen LogP contribution in [-0.2, 0) is 19.6 Å². The van der Waals surface area contributed by atoms with E-state index in [1.54, 1.807) is 18.8 Å². The van der Waals surface area contributed by atoms with Crippen molar-refractivity contribution >= 4 is 24.6 Å². The van der Waals surface area contributed by atoms with Crippen molar-refractivity contribution in [1.82, 2.24) is 19.5 Å². The van der Waals surface area contributed by atoms with Crippen LogP contribution in [0.15, 0.2) is 91.5 Å². The van der Waals surface area contributed by atoms with E-state index in [1.165, 1.54) is 19.8 Å². The second kappa shape index (κ2) is 13.4. The van der Waals surface area contributed by atoms with Gasteiger partial charge in [0.05, 0.1) is 32.8 Å². The van der Waals surface area contributed by atoms with Crippen LogP contribution in [0, 0.1) is 0 Å². The Morgan fingerprint density at radius 1 is 0.872 bits per heavy atom. The number of ether oxygens (including phenoxy) is 4. The number of fused-ring (bicyclic) bond motifs is 1. The zero-order chi connectivity index (χ0) is 33.2.